The Morgan fingerprint density at radius 3 is 2.45 bits per heavy atom. The zero-order chi connectivity index (χ0) is 20.1. The average Bonchev–Trinajstić information content (AvgIpc) is 3.41. The number of rotatable bonds is 3. The van der Waals surface area contributed by atoms with Crippen LogP contribution in [0, 0.1) is 13.8 Å². The van der Waals surface area contributed by atoms with Gasteiger partial charge in [-0.2, -0.15) is 9.61 Å². The minimum Gasteiger partial charge on any atom is -0.383 e. The van der Waals surface area contributed by atoms with E-state index in [1.807, 2.05) is 30.3 Å². The second kappa shape index (κ2) is 6.76. The summed E-state index contributed by atoms with van der Waals surface area (Å²) in [5.74, 6) is 0.551. The first kappa shape index (κ1) is 18.0. The molecule has 7 heteroatoms. The standard InChI is InChI=1S/C22H18ClN5S/c1-13-3-4-14(2)27(13)19-9-10-29-21(19)18-11-20-25-12-17(22(24)28(20)26-18)15-5-7-16(23)8-6-15/h3-12H,24H2,1-2H3. The van der Waals surface area contributed by atoms with Crippen molar-refractivity contribution in [1.82, 2.24) is 19.2 Å². The van der Waals surface area contributed by atoms with E-state index in [2.05, 4.69) is 47.0 Å². The molecule has 0 saturated heterocycles. The molecule has 0 aliphatic carbocycles. The van der Waals surface area contributed by atoms with Gasteiger partial charge in [-0.3, -0.25) is 0 Å². The van der Waals surface area contributed by atoms with E-state index in [0.717, 1.165) is 33.0 Å². The lowest BCUT2D eigenvalue weighted by Gasteiger charge is -2.09. The second-order valence-corrected chi connectivity index (χ2v) is 8.30. The van der Waals surface area contributed by atoms with Gasteiger partial charge in [-0.15, -0.1) is 11.3 Å². The Morgan fingerprint density at radius 1 is 1.00 bits per heavy atom. The molecule has 4 heterocycles. The van der Waals surface area contributed by atoms with Gasteiger partial charge in [0, 0.05) is 34.2 Å². The highest BCUT2D eigenvalue weighted by Crippen LogP contribution is 2.35. The van der Waals surface area contributed by atoms with E-state index in [9.17, 15) is 0 Å². The second-order valence-electron chi connectivity index (χ2n) is 6.95. The van der Waals surface area contributed by atoms with Gasteiger partial charge in [0.2, 0.25) is 0 Å². The van der Waals surface area contributed by atoms with Crippen LogP contribution in [-0.4, -0.2) is 19.2 Å². The zero-order valence-corrected chi connectivity index (χ0v) is 17.5. The number of anilines is 1. The van der Waals surface area contributed by atoms with E-state index < -0.39 is 0 Å². The van der Waals surface area contributed by atoms with Crippen LogP contribution >= 0.6 is 22.9 Å². The first-order valence-electron chi connectivity index (χ1n) is 9.16. The Morgan fingerprint density at radius 2 is 1.72 bits per heavy atom. The quantitative estimate of drug-likeness (QED) is 0.404. The van der Waals surface area contributed by atoms with Gasteiger partial charge in [0.05, 0.1) is 10.6 Å². The molecule has 5 rings (SSSR count). The monoisotopic (exact) mass is 419 g/mol. The van der Waals surface area contributed by atoms with E-state index >= 15 is 0 Å². The highest BCUT2D eigenvalue weighted by atomic mass is 35.5. The Kier molecular flexibility index (Phi) is 4.19. The van der Waals surface area contributed by atoms with Gasteiger partial charge >= 0.3 is 0 Å². The van der Waals surface area contributed by atoms with E-state index in [1.54, 1.807) is 22.0 Å². The number of hydrogen-bond donors (Lipinski definition) is 1. The molecule has 0 aliphatic heterocycles. The molecule has 0 aliphatic rings. The van der Waals surface area contributed by atoms with Crippen LogP contribution in [0.2, 0.25) is 5.02 Å². The fourth-order valence-corrected chi connectivity index (χ4v) is 4.59. The lowest BCUT2D eigenvalue weighted by molar-refractivity contribution is 0.950. The maximum Gasteiger partial charge on any atom is 0.157 e. The van der Waals surface area contributed by atoms with Crippen molar-refractivity contribution in [2.75, 3.05) is 5.73 Å². The molecule has 4 aromatic heterocycles. The Bertz CT molecular complexity index is 1320. The number of fused-ring (bicyclic) bond motifs is 1. The van der Waals surface area contributed by atoms with Crippen molar-refractivity contribution in [1.29, 1.82) is 0 Å². The highest BCUT2D eigenvalue weighted by molar-refractivity contribution is 7.14. The van der Waals surface area contributed by atoms with Gasteiger partial charge < -0.3 is 10.3 Å². The minimum absolute atomic E-state index is 0.551. The summed E-state index contributed by atoms with van der Waals surface area (Å²) in [5, 5.41) is 7.56. The maximum atomic E-state index is 6.46. The zero-order valence-electron chi connectivity index (χ0n) is 15.9. The number of nitrogens with zero attached hydrogens (tertiary/aromatic N) is 4. The van der Waals surface area contributed by atoms with Gasteiger partial charge in [0.1, 0.15) is 11.5 Å². The number of thiophene rings is 1. The molecule has 0 saturated carbocycles. The largest absolute Gasteiger partial charge is 0.383 e. The molecule has 144 valence electrons. The van der Waals surface area contributed by atoms with Crippen molar-refractivity contribution >= 4 is 34.4 Å². The van der Waals surface area contributed by atoms with Gasteiger partial charge in [-0.1, -0.05) is 23.7 Å². The molecule has 0 spiro atoms. The summed E-state index contributed by atoms with van der Waals surface area (Å²) < 4.78 is 3.95. The predicted molar refractivity (Wildman–Crippen MR) is 120 cm³/mol. The summed E-state index contributed by atoms with van der Waals surface area (Å²) in [4.78, 5) is 5.67. The topological polar surface area (TPSA) is 61.1 Å². The number of halogens is 1. The molecule has 0 bridgehead atoms. The molecule has 2 N–H and O–H groups in total. The van der Waals surface area contributed by atoms with Gasteiger partial charge in [0.25, 0.3) is 0 Å². The normalized spacial score (nSPS) is 11.4. The van der Waals surface area contributed by atoms with Crippen molar-refractivity contribution in [3.05, 3.63) is 76.5 Å². The van der Waals surface area contributed by atoms with Crippen molar-refractivity contribution < 1.29 is 0 Å². The van der Waals surface area contributed by atoms with Gasteiger partial charge in [-0.25, -0.2) is 4.98 Å². The molecule has 29 heavy (non-hydrogen) atoms. The van der Waals surface area contributed by atoms with Crippen LogP contribution in [0.15, 0.2) is 60.1 Å². The molecule has 5 aromatic rings. The summed E-state index contributed by atoms with van der Waals surface area (Å²) in [6.45, 7) is 4.21. The van der Waals surface area contributed by atoms with Crippen molar-refractivity contribution in [3.8, 4) is 27.4 Å². The smallest absolute Gasteiger partial charge is 0.157 e. The van der Waals surface area contributed by atoms with Crippen molar-refractivity contribution in [3.63, 3.8) is 0 Å². The molecular weight excluding hydrogens is 402 g/mol. The van der Waals surface area contributed by atoms with E-state index in [4.69, 9.17) is 22.4 Å². The third kappa shape index (κ3) is 2.92. The summed E-state index contributed by atoms with van der Waals surface area (Å²) in [7, 11) is 0. The third-order valence-electron chi connectivity index (χ3n) is 5.06. The SMILES string of the molecule is Cc1ccc(C)n1-c1ccsc1-c1cc2ncc(-c3ccc(Cl)cc3)c(N)n2n1. The van der Waals surface area contributed by atoms with Crippen LogP contribution in [0.4, 0.5) is 5.82 Å². The van der Waals surface area contributed by atoms with Crippen LogP contribution in [-0.2, 0) is 0 Å². The molecule has 0 amide bonds. The Labute approximate surface area is 177 Å². The predicted octanol–water partition coefficient (Wildman–Crippen LogP) is 5.77. The van der Waals surface area contributed by atoms with E-state index in [1.165, 1.54) is 11.4 Å². The number of nitrogen functional groups attached to an aromatic ring is 1. The molecular formula is C22H18ClN5S. The molecule has 0 unspecified atom stereocenters. The summed E-state index contributed by atoms with van der Waals surface area (Å²) >= 11 is 7.67. The number of hydrogen-bond acceptors (Lipinski definition) is 4. The molecule has 0 radical (unpaired) electrons. The van der Waals surface area contributed by atoms with Crippen LogP contribution in [0.3, 0.4) is 0 Å². The maximum absolute atomic E-state index is 6.46. The summed E-state index contributed by atoms with van der Waals surface area (Å²) in [6, 6.07) is 15.9. The fourth-order valence-electron chi connectivity index (χ4n) is 3.63. The van der Waals surface area contributed by atoms with E-state index in [0.29, 0.717) is 10.8 Å². The number of aryl methyl sites for hydroxylation is 2. The van der Waals surface area contributed by atoms with Gasteiger partial charge in [-0.05, 0) is 55.1 Å². The summed E-state index contributed by atoms with van der Waals surface area (Å²) in [5.41, 5.74) is 13.3. The van der Waals surface area contributed by atoms with Crippen LogP contribution in [0.25, 0.3) is 33.0 Å². The lowest BCUT2D eigenvalue weighted by atomic mass is 10.1. The van der Waals surface area contributed by atoms with E-state index in [-0.39, 0.29) is 0 Å². The molecule has 5 nitrogen and oxygen atoms in total. The van der Waals surface area contributed by atoms with Gasteiger partial charge in [0.15, 0.2) is 5.65 Å². The lowest BCUT2D eigenvalue weighted by Crippen LogP contribution is -2.03. The number of benzene rings is 1. The fraction of sp³-hybridized carbons (Fsp3) is 0.0909. The third-order valence-corrected chi connectivity index (χ3v) is 6.24. The van der Waals surface area contributed by atoms with Crippen LogP contribution in [0.1, 0.15) is 11.4 Å². The van der Waals surface area contributed by atoms with Crippen LogP contribution < -0.4 is 5.73 Å². The average molecular weight is 420 g/mol. The highest BCUT2D eigenvalue weighted by Gasteiger charge is 2.17. The molecule has 1 aromatic carbocycles. The Hall–Kier alpha value is -3.09. The van der Waals surface area contributed by atoms with Crippen molar-refractivity contribution in [2.24, 2.45) is 0 Å². The summed E-state index contributed by atoms with van der Waals surface area (Å²) in [6.07, 6.45) is 1.79. The van der Waals surface area contributed by atoms with Crippen LogP contribution in [0.5, 0.6) is 0 Å². The number of nitrogens with two attached hydrogens (primary N) is 1. The molecule has 0 fully saturated rings. The molecule has 0 atom stereocenters. The van der Waals surface area contributed by atoms with Crippen molar-refractivity contribution in [2.45, 2.75) is 13.8 Å². The first-order chi connectivity index (χ1) is 14.0. The first-order valence-corrected chi connectivity index (χ1v) is 10.4. The number of aromatic nitrogens is 4. The minimum atomic E-state index is 0.551. The Balaban J connectivity index is 1.65.